The predicted molar refractivity (Wildman–Crippen MR) is 344 cm³/mol. The molecule has 8 aliphatic rings. The van der Waals surface area contributed by atoms with Crippen LogP contribution < -0.4 is 14.5 Å². The van der Waals surface area contributed by atoms with Crippen LogP contribution in [0.5, 0.6) is 5.75 Å². The fourth-order valence-electron chi connectivity index (χ4n) is 15.1. The van der Waals surface area contributed by atoms with Crippen molar-refractivity contribution in [1.82, 2.24) is 0 Å². The van der Waals surface area contributed by atoms with Crippen LogP contribution in [0.2, 0.25) is 0 Å². The molecular formula is C80H60N2O3. The summed E-state index contributed by atoms with van der Waals surface area (Å²) in [7, 11) is 0. The average molecular weight is 1100 g/mol. The van der Waals surface area contributed by atoms with Gasteiger partial charge < -0.3 is 24.0 Å². The maximum atomic E-state index is 7.65. The van der Waals surface area contributed by atoms with Crippen LogP contribution in [0.4, 0.5) is 17.1 Å². The summed E-state index contributed by atoms with van der Waals surface area (Å²) in [6.45, 7) is 0. The zero-order chi connectivity index (χ0) is 56.0. The Balaban J connectivity index is 0.837. The molecule has 2 saturated heterocycles. The third kappa shape index (κ3) is 8.28. The lowest BCUT2D eigenvalue weighted by Crippen LogP contribution is -2.35. The summed E-state index contributed by atoms with van der Waals surface area (Å²) in [5, 5.41) is 0. The molecule has 2 fully saturated rings. The smallest absolute Gasteiger partial charge is 0.148 e. The lowest BCUT2D eigenvalue weighted by atomic mass is 9.74. The van der Waals surface area contributed by atoms with E-state index in [9.17, 15) is 0 Å². The first-order valence-electron chi connectivity index (χ1n) is 30.1. The molecular weight excluding hydrogens is 1040 g/mol. The first-order valence-corrected chi connectivity index (χ1v) is 30.1. The van der Waals surface area contributed by atoms with Crippen LogP contribution in [0.15, 0.2) is 309 Å². The van der Waals surface area contributed by atoms with Crippen molar-refractivity contribution >= 4 is 39.6 Å². The maximum absolute atomic E-state index is 7.65. The van der Waals surface area contributed by atoms with Crippen LogP contribution >= 0.6 is 0 Å². The second-order valence-electron chi connectivity index (χ2n) is 23.5. The van der Waals surface area contributed by atoms with Gasteiger partial charge in [0, 0.05) is 68.9 Å². The van der Waals surface area contributed by atoms with Gasteiger partial charge in [-0.25, -0.2) is 0 Å². The number of benzene rings is 9. The van der Waals surface area contributed by atoms with Gasteiger partial charge in [-0.1, -0.05) is 267 Å². The van der Waals surface area contributed by atoms with Gasteiger partial charge in [-0.05, 0) is 86.5 Å². The van der Waals surface area contributed by atoms with Crippen molar-refractivity contribution in [2.45, 2.75) is 36.4 Å². The molecule has 9 aromatic carbocycles. The van der Waals surface area contributed by atoms with Gasteiger partial charge in [0.05, 0.1) is 35.4 Å². The van der Waals surface area contributed by atoms with E-state index in [4.69, 9.17) is 14.2 Å². The normalized spacial score (nSPS) is 24.9. The number of anilines is 3. The quantitative estimate of drug-likeness (QED) is 0.136. The number of rotatable bonds is 10. The highest BCUT2D eigenvalue weighted by Crippen LogP contribution is 2.61. The molecule has 10 atom stereocenters. The number of fused-ring (bicyclic) bond motifs is 13. The Morgan fingerprint density at radius 3 is 1.36 bits per heavy atom. The van der Waals surface area contributed by atoms with Gasteiger partial charge in [-0.15, -0.1) is 0 Å². The Bertz CT molecular complexity index is 4360. The summed E-state index contributed by atoms with van der Waals surface area (Å²) in [6, 6.07) is 85.8. The molecule has 3 heterocycles. The number of hydrogen-bond donors (Lipinski definition) is 0. The van der Waals surface area contributed by atoms with Crippen LogP contribution in [0.25, 0.3) is 44.8 Å². The molecule has 5 nitrogen and oxygen atoms in total. The summed E-state index contributed by atoms with van der Waals surface area (Å²) in [5.74, 6) is 1.13. The highest BCUT2D eigenvalue weighted by Gasteiger charge is 2.53. The topological polar surface area (TPSA) is 34.2 Å². The van der Waals surface area contributed by atoms with Gasteiger partial charge in [0.1, 0.15) is 18.0 Å². The first kappa shape index (κ1) is 49.8. The summed E-state index contributed by atoms with van der Waals surface area (Å²) in [6.07, 6.45) is 24.8. The monoisotopic (exact) mass is 1100 g/mol. The Morgan fingerprint density at radius 1 is 0.318 bits per heavy atom. The van der Waals surface area contributed by atoms with Gasteiger partial charge >= 0.3 is 0 Å². The molecule has 408 valence electrons. The molecule has 0 aromatic heterocycles. The second-order valence-corrected chi connectivity index (χ2v) is 23.5. The lowest BCUT2D eigenvalue weighted by Gasteiger charge is -2.40. The SMILES string of the molecule is C1=CC2c3cccc(N(C4=CC5C(OC6c7ccccc7C(N(C7=CC=CC8C7OC7C(c9ccccc9)=CC=CC78)c7cccc(-c8ccccc8)c7)=CC65)c5ccccc54)c4cccc(-c5ccccc5)c4)c3OC2C(c2ccccc2)=C1. The zero-order valence-electron chi connectivity index (χ0n) is 46.8. The Hall–Kier alpha value is -9.78. The fourth-order valence-corrected chi connectivity index (χ4v) is 15.1. The van der Waals surface area contributed by atoms with Crippen molar-refractivity contribution < 1.29 is 14.2 Å². The van der Waals surface area contributed by atoms with Crippen LogP contribution in [-0.2, 0) is 9.47 Å². The average Bonchev–Trinajstić information content (AvgIpc) is 2.42. The molecule has 10 unspecified atom stereocenters. The third-order valence-corrected chi connectivity index (χ3v) is 18.9. The number of para-hydroxylation sites is 1. The van der Waals surface area contributed by atoms with E-state index < -0.39 is 0 Å². The van der Waals surface area contributed by atoms with Crippen molar-refractivity contribution in [2.24, 2.45) is 23.7 Å². The number of allylic oxidation sites excluding steroid dienone is 6. The fraction of sp³-hybridized carbons (Fsp3) is 0.125. The highest BCUT2D eigenvalue weighted by atomic mass is 16.5. The number of nitrogens with zero attached hydrogens (tertiary/aromatic N) is 2. The minimum atomic E-state index is -0.227. The molecule has 0 spiro atoms. The van der Waals surface area contributed by atoms with E-state index in [-0.39, 0.29) is 60.1 Å². The Labute approximate surface area is 497 Å². The molecule has 0 saturated carbocycles. The standard InChI is InChI=1S/C80H60N2O3/c1-5-23-51(24-6-1)55-31-17-33-57(47-55)81(71-45-21-43-67-65-41-19-39-59(75(65)84-79(67)71)53-27-9-3-10-28-53)73-49-69-70-50-74(62-36-14-16-38-64(62)78(70)83-77(69)63-37-15-13-35-61(63)73)82(58-34-18-32-56(48-58)52-25-7-2-8-26-52)72-46-22-44-68-66-42-20-40-60(76(66)85-80(68)72)54-29-11-4-12-30-54/h1-50,65-67,69-70,75-79H. The maximum Gasteiger partial charge on any atom is 0.148 e. The minimum Gasteiger partial charge on any atom is -0.482 e. The molecule has 0 amide bonds. The molecule has 9 aromatic rings. The van der Waals surface area contributed by atoms with Crippen LogP contribution in [0, 0.1) is 23.7 Å². The van der Waals surface area contributed by atoms with Crippen LogP contribution in [0.1, 0.15) is 57.1 Å². The Kier molecular flexibility index (Phi) is 12.0. The summed E-state index contributed by atoms with van der Waals surface area (Å²) in [4.78, 5) is 5.04. The minimum absolute atomic E-state index is 0.0541. The molecule has 0 N–H and O–H groups in total. The van der Waals surface area contributed by atoms with E-state index in [2.05, 4.69) is 313 Å². The van der Waals surface area contributed by atoms with Gasteiger partial charge in [0.25, 0.3) is 0 Å². The van der Waals surface area contributed by atoms with E-state index in [1.54, 1.807) is 0 Å². The molecule has 3 aliphatic heterocycles. The van der Waals surface area contributed by atoms with Gasteiger partial charge in [-0.3, -0.25) is 0 Å². The van der Waals surface area contributed by atoms with Crippen molar-refractivity contribution in [3.63, 3.8) is 0 Å². The largest absolute Gasteiger partial charge is 0.482 e. The molecule has 0 bridgehead atoms. The van der Waals surface area contributed by atoms with E-state index in [1.165, 1.54) is 44.5 Å². The second kappa shape index (κ2) is 20.5. The van der Waals surface area contributed by atoms with E-state index in [0.29, 0.717) is 0 Å². The van der Waals surface area contributed by atoms with Crippen molar-refractivity contribution in [3.05, 3.63) is 348 Å². The van der Waals surface area contributed by atoms with E-state index >= 15 is 0 Å². The number of hydrogen-bond acceptors (Lipinski definition) is 5. The van der Waals surface area contributed by atoms with Crippen LogP contribution in [-0.4, -0.2) is 18.3 Å². The Morgan fingerprint density at radius 2 is 0.765 bits per heavy atom. The lowest BCUT2D eigenvalue weighted by molar-refractivity contribution is 0.0314. The van der Waals surface area contributed by atoms with Crippen molar-refractivity contribution in [2.75, 3.05) is 9.80 Å². The van der Waals surface area contributed by atoms with Crippen molar-refractivity contribution in [1.29, 1.82) is 0 Å². The van der Waals surface area contributed by atoms with Gasteiger partial charge in [0.15, 0.2) is 0 Å². The first-order chi connectivity index (χ1) is 42.2. The highest BCUT2D eigenvalue weighted by molar-refractivity contribution is 5.95. The molecule has 0 radical (unpaired) electrons. The summed E-state index contributed by atoms with van der Waals surface area (Å²) >= 11 is 0. The van der Waals surface area contributed by atoms with Gasteiger partial charge in [0.2, 0.25) is 0 Å². The molecule has 85 heavy (non-hydrogen) atoms. The summed E-state index contributed by atoms with van der Waals surface area (Å²) in [5.41, 5.74) is 21.8. The molecule has 17 rings (SSSR count). The zero-order valence-corrected chi connectivity index (χ0v) is 46.8. The van der Waals surface area contributed by atoms with E-state index in [0.717, 1.165) is 67.7 Å². The third-order valence-electron chi connectivity index (χ3n) is 18.9. The van der Waals surface area contributed by atoms with Gasteiger partial charge in [-0.2, -0.15) is 0 Å². The van der Waals surface area contributed by atoms with Crippen LogP contribution in [0.3, 0.4) is 0 Å². The number of ether oxygens (including phenoxy) is 3. The molecule has 5 heteroatoms. The summed E-state index contributed by atoms with van der Waals surface area (Å²) < 4.78 is 22.6. The molecule has 5 aliphatic carbocycles. The van der Waals surface area contributed by atoms with E-state index in [1.807, 2.05) is 0 Å². The van der Waals surface area contributed by atoms with Crippen molar-refractivity contribution in [3.8, 4) is 28.0 Å². The predicted octanol–water partition coefficient (Wildman–Crippen LogP) is 18.7.